The number of aliphatic hydroxyl groups excluding tert-OH is 1. The van der Waals surface area contributed by atoms with E-state index in [1.165, 1.54) is 31.3 Å². The third-order valence-electron chi connectivity index (χ3n) is 13.6. The van der Waals surface area contributed by atoms with Crippen molar-refractivity contribution in [3.63, 3.8) is 0 Å². The molecular weight excluding hydrogens is 420 g/mol. The molecule has 5 rings (SSSR count). The van der Waals surface area contributed by atoms with Gasteiger partial charge in [0.25, 0.3) is 0 Å². The molecule has 3 nitrogen and oxygen atoms in total. The highest BCUT2D eigenvalue weighted by Crippen LogP contribution is 2.77. The average molecular weight is 471 g/mol. The van der Waals surface area contributed by atoms with Gasteiger partial charge in [0.2, 0.25) is 0 Å². The number of aliphatic hydroxyl groups is 1. The second kappa shape index (κ2) is 7.59. The Labute approximate surface area is 208 Å². The lowest BCUT2D eigenvalue weighted by molar-refractivity contribution is -0.248. The zero-order valence-electron chi connectivity index (χ0n) is 22.8. The second-order valence-electron chi connectivity index (χ2n) is 15.0. The van der Waals surface area contributed by atoms with Crippen LogP contribution in [0.25, 0.3) is 0 Å². The van der Waals surface area contributed by atoms with Gasteiger partial charge in [-0.15, -0.1) is 6.58 Å². The Hall–Kier alpha value is -0.830. The topological polar surface area (TPSA) is 57.5 Å². The molecule has 192 valence electrons. The zero-order valence-corrected chi connectivity index (χ0v) is 22.8. The summed E-state index contributed by atoms with van der Waals surface area (Å²) in [6.45, 7) is 18.8. The van der Waals surface area contributed by atoms with Crippen LogP contribution in [-0.4, -0.2) is 22.3 Å². The minimum Gasteiger partial charge on any atom is -0.481 e. The van der Waals surface area contributed by atoms with Crippen LogP contribution in [0.2, 0.25) is 0 Å². The second-order valence-corrected chi connectivity index (χ2v) is 15.0. The SMILES string of the molecule is C=C(C)CC1CCC2(C(=O)O)CCC3(C)C(CCC4C5(C)CCC(O)C(C)(C)C5CCC43C)C12. The summed E-state index contributed by atoms with van der Waals surface area (Å²) in [6.07, 6.45) is 11.6. The molecule has 5 aliphatic carbocycles. The predicted molar refractivity (Wildman–Crippen MR) is 137 cm³/mol. The van der Waals surface area contributed by atoms with E-state index in [-0.39, 0.29) is 27.8 Å². The summed E-state index contributed by atoms with van der Waals surface area (Å²) in [5, 5.41) is 21.5. The first-order valence-electron chi connectivity index (χ1n) is 14.3. The van der Waals surface area contributed by atoms with Crippen molar-refractivity contribution in [1.29, 1.82) is 0 Å². The van der Waals surface area contributed by atoms with Crippen molar-refractivity contribution >= 4 is 5.97 Å². The van der Waals surface area contributed by atoms with Gasteiger partial charge in [-0.1, -0.05) is 40.2 Å². The van der Waals surface area contributed by atoms with Crippen LogP contribution in [0.5, 0.6) is 0 Å². The van der Waals surface area contributed by atoms with Crippen molar-refractivity contribution < 1.29 is 15.0 Å². The van der Waals surface area contributed by atoms with E-state index in [9.17, 15) is 15.0 Å². The smallest absolute Gasteiger partial charge is 0.309 e. The maximum atomic E-state index is 12.8. The molecule has 3 heteroatoms. The molecule has 5 fully saturated rings. The van der Waals surface area contributed by atoms with Crippen LogP contribution >= 0.6 is 0 Å². The molecule has 5 saturated carbocycles. The van der Waals surface area contributed by atoms with Gasteiger partial charge >= 0.3 is 5.97 Å². The molecule has 0 radical (unpaired) electrons. The van der Waals surface area contributed by atoms with Crippen molar-refractivity contribution in [2.75, 3.05) is 0 Å². The van der Waals surface area contributed by atoms with Crippen LogP contribution in [0, 0.1) is 56.7 Å². The highest BCUT2D eigenvalue weighted by atomic mass is 16.4. The maximum absolute atomic E-state index is 12.8. The third kappa shape index (κ3) is 2.94. The number of hydrogen-bond donors (Lipinski definition) is 2. The Kier molecular flexibility index (Phi) is 5.55. The van der Waals surface area contributed by atoms with E-state index in [0.717, 1.165) is 44.9 Å². The van der Waals surface area contributed by atoms with Crippen LogP contribution in [0.15, 0.2) is 12.2 Å². The predicted octanol–water partition coefficient (Wildman–Crippen LogP) is 7.48. The lowest BCUT2D eigenvalue weighted by Gasteiger charge is -2.72. The van der Waals surface area contributed by atoms with Crippen LogP contribution in [0.1, 0.15) is 112 Å². The van der Waals surface area contributed by atoms with E-state index in [0.29, 0.717) is 29.6 Å². The summed E-state index contributed by atoms with van der Waals surface area (Å²) in [5.41, 5.74) is 1.42. The number of carboxylic acid groups (broad SMARTS) is 1. The van der Waals surface area contributed by atoms with Crippen LogP contribution in [0.4, 0.5) is 0 Å². The Morgan fingerprint density at radius 2 is 1.56 bits per heavy atom. The van der Waals surface area contributed by atoms with Crippen molar-refractivity contribution in [2.45, 2.75) is 118 Å². The molecule has 0 aromatic carbocycles. The number of carboxylic acids is 1. The lowest BCUT2D eigenvalue weighted by atomic mass is 9.32. The zero-order chi connectivity index (χ0) is 24.9. The Morgan fingerprint density at radius 3 is 2.21 bits per heavy atom. The van der Waals surface area contributed by atoms with E-state index >= 15 is 0 Å². The van der Waals surface area contributed by atoms with Crippen LogP contribution in [-0.2, 0) is 4.79 Å². The molecule has 34 heavy (non-hydrogen) atoms. The standard InChI is InChI=1S/C31H50O3/c1-19(2)18-20-10-15-31(26(33)34)17-16-29(6)21(25(20)31)8-9-23-28(5)13-12-24(32)27(3,4)22(28)11-14-30(23,29)7/h20-25,32H,1,8-18H2,2-7H3,(H,33,34). The summed E-state index contributed by atoms with van der Waals surface area (Å²) in [4.78, 5) is 12.8. The molecule has 0 saturated heterocycles. The first-order valence-corrected chi connectivity index (χ1v) is 14.3. The fourth-order valence-electron chi connectivity index (χ4n) is 11.8. The number of hydrogen-bond acceptors (Lipinski definition) is 2. The maximum Gasteiger partial charge on any atom is 0.309 e. The molecule has 0 aromatic rings. The fourth-order valence-corrected chi connectivity index (χ4v) is 11.8. The molecule has 0 heterocycles. The number of allylic oxidation sites excluding steroid dienone is 1. The van der Waals surface area contributed by atoms with E-state index in [2.05, 4.69) is 48.1 Å². The number of carbonyl (C=O) groups is 1. The summed E-state index contributed by atoms with van der Waals surface area (Å²) < 4.78 is 0. The third-order valence-corrected chi connectivity index (χ3v) is 13.6. The highest BCUT2D eigenvalue weighted by molar-refractivity contribution is 5.76. The molecule has 2 N–H and O–H groups in total. The van der Waals surface area contributed by atoms with Gasteiger partial charge < -0.3 is 10.2 Å². The Balaban J connectivity index is 1.55. The summed E-state index contributed by atoms with van der Waals surface area (Å²) in [7, 11) is 0. The molecule has 0 aromatic heterocycles. The highest BCUT2D eigenvalue weighted by Gasteiger charge is 2.71. The largest absolute Gasteiger partial charge is 0.481 e. The molecule has 0 bridgehead atoms. The average Bonchev–Trinajstić information content (AvgIpc) is 3.11. The molecule has 10 unspecified atom stereocenters. The lowest BCUT2D eigenvalue weighted by Crippen LogP contribution is -2.67. The molecule has 10 atom stereocenters. The van der Waals surface area contributed by atoms with Gasteiger partial charge in [-0.25, -0.2) is 0 Å². The van der Waals surface area contributed by atoms with Crippen molar-refractivity contribution in [1.82, 2.24) is 0 Å². The molecular formula is C31H50O3. The van der Waals surface area contributed by atoms with Gasteiger partial charge in [0, 0.05) is 0 Å². The van der Waals surface area contributed by atoms with Crippen LogP contribution in [0.3, 0.4) is 0 Å². The molecule has 0 aliphatic heterocycles. The number of fused-ring (bicyclic) bond motifs is 7. The Morgan fingerprint density at radius 1 is 0.853 bits per heavy atom. The minimum absolute atomic E-state index is 0.0187. The van der Waals surface area contributed by atoms with Crippen molar-refractivity contribution in [3.05, 3.63) is 12.2 Å². The summed E-state index contributed by atoms with van der Waals surface area (Å²) in [5.74, 6) is 2.02. The van der Waals surface area contributed by atoms with E-state index < -0.39 is 11.4 Å². The van der Waals surface area contributed by atoms with Gasteiger partial charge in [0.05, 0.1) is 11.5 Å². The van der Waals surface area contributed by atoms with Gasteiger partial charge in [-0.2, -0.15) is 0 Å². The fraction of sp³-hybridized carbons (Fsp3) is 0.903. The van der Waals surface area contributed by atoms with Gasteiger partial charge in [0.15, 0.2) is 0 Å². The number of rotatable bonds is 3. The molecule has 0 spiro atoms. The van der Waals surface area contributed by atoms with E-state index in [1.807, 2.05) is 0 Å². The summed E-state index contributed by atoms with van der Waals surface area (Å²) >= 11 is 0. The quantitative estimate of drug-likeness (QED) is 0.420. The number of aliphatic carboxylic acids is 1. The van der Waals surface area contributed by atoms with Crippen LogP contribution < -0.4 is 0 Å². The van der Waals surface area contributed by atoms with Gasteiger partial charge in [-0.05, 0) is 129 Å². The monoisotopic (exact) mass is 470 g/mol. The summed E-state index contributed by atoms with van der Waals surface area (Å²) in [6, 6.07) is 0. The first-order chi connectivity index (χ1) is 15.7. The molecule has 5 aliphatic rings. The first kappa shape index (κ1) is 24.8. The van der Waals surface area contributed by atoms with E-state index in [4.69, 9.17) is 0 Å². The van der Waals surface area contributed by atoms with E-state index in [1.54, 1.807) is 0 Å². The minimum atomic E-state index is -0.519. The van der Waals surface area contributed by atoms with Gasteiger partial charge in [-0.3, -0.25) is 4.79 Å². The van der Waals surface area contributed by atoms with Crippen molar-refractivity contribution in [3.8, 4) is 0 Å². The van der Waals surface area contributed by atoms with Gasteiger partial charge in [0.1, 0.15) is 0 Å². The normalized spacial score (nSPS) is 53.7. The molecule has 0 amide bonds. The Bertz CT molecular complexity index is 876. The van der Waals surface area contributed by atoms with Crippen molar-refractivity contribution in [2.24, 2.45) is 56.7 Å².